The van der Waals surface area contributed by atoms with E-state index in [2.05, 4.69) is 17.6 Å². The van der Waals surface area contributed by atoms with Gasteiger partial charge in [-0.15, -0.1) is 0 Å². The first kappa shape index (κ1) is 15.3. The minimum Gasteiger partial charge on any atom is -0.493 e. The highest BCUT2D eigenvalue weighted by Crippen LogP contribution is 2.29. The molecule has 106 valence electrons. The Morgan fingerprint density at radius 3 is 2.53 bits per heavy atom. The van der Waals surface area contributed by atoms with Gasteiger partial charge in [0.15, 0.2) is 11.5 Å². The van der Waals surface area contributed by atoms with Crippen molar-refractivity contribution < 1.29 is 14.3 Å². The van der Waals surface area contributed by atoms with E-state index >= 15 is 0 Å². The number of amides is 1. The molecule has 1 rings (SSSR count). The lowest BCUT2D eigenvalue weighted by molar-refractivity contribution is -0.116. The topological polar surface area (TPSA) is 59.6 Å². The number of carbonyl (C=O) groups excluding carboxylic acids is 1. The summed E-state index contributed by atoms with van der Waals surface area (Å²) in [7, 11) is 3.15. The molecule has 0 fully saturated rings. The molecule has 0 aromatic heterocycles. The Balaban J connectivity index is 2.50. The van der Waals surface area contributed by atoms with Crippen LogP contribution in [0, 0.1) is 0 Å². The fourth-order valence-electron chi connectivity index (χ4n) is 1.64. The summed E-state index contributed by atoms with van der Waals surface area (Å²) >= 11 is 0. The van der Waals surface area contributed by atoms with Crippen molar-refractivity contribution in [2.45, 2.75) is 19.8 Å². The number of benzene rings is 1. The molecular formula is C14H22N2O3. The zero-order valence-electron chi connectivity index (χ0n) is 11.8. The van der Waals surface area contributed by atoms with Gasteiger partial charge < -0.3 is 20.1 Å². The van der Waals surface area contributed by atoms with E-state index in [0.29, 0.717) is 30.2 Å². The SMILES string of the molecule is CCCNCCC(=O)Nc1ccc(OC)c(OC)c1. The Morgan fingerprint density at radius 2 is 1.89 bits per heavy atom. The lowest BCUT2D eigenvalue weighted by Gasteiger charge is -2.10. The summed E-state index contributed by atoms with van der Waals surface area (Å²) in [6.07, 6.45) is 1.52. The fraction of sp³-hybridized carbons (Fsp3) is 0.500. The molecule has 0 saturated heterocycles. The van der Waals surface area contributed by atoms with Crippen LogP contribution in [-0.4, -0.2) is 33.2 Å². The summed E-state index contributed by atoms with van der Waals surface area (Å²) in [6.45, 7) is 3.72. The molecule has 0 aliphatic rings. The fourth-order valence-corrected chi connectivity index (χ4v) is 1.64. The van der Waals surface area contributed by atoms with Gasteiger partial charge in [-0.1, -0.05) is 6.92 Å². The summed E-state index contributed by atoms with van der Waals surface area (Å²) < 4.78 is 10.3. The predicted molar refractivity (Wildman–Crippen MR) is 76.0 cm³/mol. The smallest absolute Gasteiger partial charge is 0.225 e. The Morgan fingerprint density at radius 1 is 1.16 bits per heavy atom. The van der Waals surface area contributed by atoms with Crippen molar-refractivity contribution in [3.05, 3.63) is 18.2 Å². The van der Waals surface area contributed by atoms with Crippen molar-refractivity contribution in [2.75, 3.05) is 32.6 Å². The summed E-state index contributed by atoms with van der Waals surface area (Å²) in [5, 5.41) is 6.02. The van der Waals surface area contributed by atoms with Gasteiger partial charge in [-0.25, -0.2) is 0 Å². The zero-order chi connectivity index (χ0) is 14.1. The molecule has 1 amide bonds. The Kier molecular flexibility index (Phi) is 6.74. The van der Waals surface area contributed by atoms with Crippen LogP contribution in [0.15, 0.2) is 18.2 Å². The Labute approximate surface area is 114 Å². The summed E-state index contributed by atoms with van der Waals surface area (Å²) in [6, 6.07) is 5.30. The van der Waals surface area contributed by atoms with E-state index in [0.717, 1.165) is 13.0 Å². The molecule has 0 aliphatic heterocycles. The lowest BCUT2D eigenvalue weighted by Crippen LogP contribution is -2.22. The average molecular weight is 266 g/mol. The maximum Gasteiger partial charge on any atom is 0.225 e. The van der Waals surface area contributed by atoms with Gasteiger partial charge in [0.2, 0.25) is 5.91 Å². The monoisotopic (exact) mass is 266 g/mol. The number of ether oxygens (including phenoxy) is 2. The van der Waals surface area contributed by atoms with E-state index in [1.54, 1.807) is 32.4 Å². The van der Waals surface area contributed by atoms with Crippen LogP contribution in [0.3, 0.4) is 0 Å². The molecule has 0 heterocycles. The van der Waals surface area contributed by atoms with E-state index < -0.39 is 0 Å². The molecule has 5 heteroatoms. The third-order valence-corrected chi connectivity index (χ3v) is 2.62. The molecule has 0 unspecified atom stereocenters. The Hall–Kier alpha value is -1.75. The van der Waals surface area contributed by atoms with Gasteiger partial charge in [0, 0.05) is 24.7 Å². The minimum absolute atomic E-state index is 0.0178. The normalized spacial score (nSPS) is 10.1. The molecule has 0 bridgehead atoms. The number of anilines is 1. The van der Waals surface area contributed by atoms with Crippen molar-refractivity contribution in [3.8, 4) is 11.5 Å². The van der Waals surface area contributed by atoms with Gasteiger partial charge in [-0.2, -0.15) is 0 Å². The van der Waals surface area contributed by atoms with Gasteiger partial charge in [-0.3, -0.25) is 4.79 Å². The van der Waals surface area contributed by atoms with Gasteiger partial charge in [0.05, 0.1) is 14.2 Å². The summed E-state index contributed by atoms with van der Waals surface area (Å²) in [4.78, 5) is 11.7. The molecule has 2 N–H and O–H groups in total. The summed E-state index contributed by atoms with van der Waals surface area (Å²) in [5.74, 6) is 1.23. The van der Waals surface area contributed by atoms with E-state index in [4.69, 9.17) is 9.47 Å². The molecule has 0 aliphatic carbocycles. The molecule has 19 heavy (non-hydrogen) atoms. The number of nitrogens with one attached hydrogen (secondary N) is 2. The van der Waals surface area contributed by atoms with Crippen LogP contribution in [0.5, 0.6) is 11.5 Å². The number of carbonyl (C=O) groups is 1. The first-order valence-electron chi connectivity index (χ1n) is 6.43. The maximum atomic E-state index is 11.7. The van der Waals surface area contributed by atoms with Crippen LogP contribution >= 0.6 is 0 Å². The van der Waals surface area contributed by atoms with Gasteiger partial charge >= 0.3 is 0 Å². The van der Waals surface area contributed by atoms with Gasteiger partial charge in [-0.05, 0) is 25.1 Å². The lowest BCUT2D eigenvalue weighted by atomic mass is 10.2. The van der Waals surface area contributed by atoms with Crippen LogP contribution < -0.4 is 20.1 Å². The largest absolute Gasteiger partial charge is 0.493 e. The quantitative estimate of drug-likeness (QED) is 0.707. The number of hydrogen-bond donors (Lipinski definition) is 2. The van der Waals surface area contributed by atoms with E-state index in [1.807, 2.05) is 0 Å². The van der Waals surface area contributed by atoms with Crippen LogP contribution in [-0.2, 0) is 4.79 Å². The first-order valence-corrected chi connectivity index (χ1v) is 6.43. The molecular weight excluding hydrogens is 244 g/mol. The zero-order valence-corrected chi connectivity index (χ0v) is 11.8. The van der Waals surface area contributed by atoms with Crippen molar-refractivity contribution in [1.82, 2.24) is 5.32 Å². The van der Waals surface area contributed by atoms with Crippen LogP contribution in [0.4, 0.5) is 5.69 Å². The van der Waals surface area contributed by atoms with E-state index in [-0.39, 0.29) is 5.91 Å². The number of hydrogen-bond acceptors (Lipinski definition) is 4. The second-order valence-electron chi connectivity index (χ2n) is 4.12. The third-order valence-electron chi connectivity index (χ3n) is 2.62. The minimum atomic E-state index is -0.0178. The van der Waals surface area contributed by atoms with Crippen molar-refractivity contribution in [1.29, 1.82) is 0 Å². The second kappa shape index (κ2) is 8.37. The summed E-state index contributed by atoms with van der Waals surface area (Å²) in [5.41, 5.74) is 0.707. The first-order chi connectivity index (χ1) is 9.21. The Bertz CT molecular complexity index is 408. The maximum absolute atomic E-state index is 11.7. The molecule has 0 spiro atoms. The van der Waals surface area contributed by atoms with Crippen LogP contribution in [0.25, 0.3) is 0 Å². The molecule has 0 saturated carbocycles. The standard InChI is InChI=1S/C14H22N2O3/c1-4-8-15-9-7-14(17)16-11-5-6-12(18-2)13(10-11)19-3/h5-6,10,15H,4,7-9H2,1-3H3,(H,16,17). The van der Waals surface area contributed by atoms with Crippen molar-refractivity contribution in [2.24, 2.45) is 0 Å². The molecule has 1 aromatic carbocycles. The highest BCUT2D eigenvalue weighted by atomic mass is 16.5. The molecule has 0 atom stereocenters. The molecule has 5 nitrogen and oxygen atoms in total. The van der Waals surface area contributed by atoms with Gasteiger partial charge in [0.1, 0.15) is 0 Å². The third kappa shape index (κ3) is 5.18. The highest BCUT2D eigenvalue weighted by Gasteiger charge is 2.07. The number of methoxy groups -OCH3 is 2. The molecule has 0 radical (unpaired) electrons. The van der Waals surface area contributed by atoms with Crippen LogP contribution in [0.1, 0.15) is 19.8 Å². The average Bonchev–Trinajstić information content (AvgIpc) is 2.43. The van der Waals surface area contributed by atoms with E-state index in [9.17, 15) is 4.79 Å². The predicted octanol–water partition coefficient (Wildman–Crippen LogP) is 2.03. The van der Waals surface area contributed by atoms with Gasteiger partial charge in [0.25, 0.3) is 0 Å². The second-order valence-corrected chi connectivity index (χ2v) is 4.12. The van der Waals surface area contributed by atoms with Crippen molar-refractivity contribution >= 4 is 11.6 Å². The van der Waals surface area contributed by atoms with Crippen LogP contribution in [0.2, 0.25) is 0 Å². The van der Waals surface area contributed by atoms with E-state index in [1.165, 1.54) is 0 Å². The van der Waals surface area contributed by atoms with Crippen molar-refractivity contribution in [3.63, 3.8) is 0 Å². The molecule has 1 aromatic rings. The highest BCUT2D eigenvalue weighted by molar-refractivity contribution is 5.91. The number of rotatable bonds is 8.